The zero-order valence-electron chi connectivity index (χ0n) is 17.7. The first-order valence-electron chi connectivity index (χ1n) is 10.1. The van der Waals surface area contributed by atoms with E-state index in [2.05, 4.69) is 0 Å². The van der Waals surface area contributed by atoms with Gasteiger partial charge in [-0.05, 0) is 41.5 Å². The highest BCUT2D eigenvalue weighted by molar-refractivity contribution is 6.22. The van der Waals surface area contributed by atoms with Gasteiger partial charge < -0.3 is 10.6 Å². The third-order valence-corrected chi connectivity index (χ3v) is 5.54. The van der Waals surface area contributed by atoms with Crippen molar-refractivity contribution < 1.29 is 23.6 Å². The summed E-state index contributed by atoms with van der Waals surface area (Å²) in [6.45, 7) is 0.111. The first kappa shape index (κ1) is 21.9. The zero-order valence-corrected chi connectivity index (χ0v) is 17.7. The maximum absolute atomic E-state index is 13.7. The van der Waals surface area contributed by atoms with E-state index in [9.17, 15) is 23.6 Å². The minimum Gasteiger partial charge on any atom is -0.368 e. The molecule has 166 valence electrons. The summed E-state index contributed by atoms with van der Waals surface area (Å²) in [6.07, 6.45) is 0. The molecular weight excluding hydrogens is 425 g/mol. The number of hydrogen-bond acceptors (Lipinski definition) is 4. The fourth-order valence-corrected chi connectivity index (χ4v) is 3.91. The quantitative estimate of drug-likeness (QED) is 0.590. The van der Waals surface area contributed by atoms with Crippen LogP contribution in [0.5, 0.6) is 0 Å². The Morgan fingerprint density at radius 3 is 2.30 bits per heavy atom. The summed E-state index contributed by atoms with van der Waals surface area (Å²) < 4.78 is 13.7. The SMILES string of the molecule is CN(C(=O)c1ccc2c(c1)C(=O)N(Cc1ccccc1)C2=O)C(C(N)=O)c1cccc(F)c1. The Kier molecular flexibility index (Phi) is 5.74. The Morgan fingerprint density at radius 2 is 1.64 bits per heavy atom. The molecule has 0 spiro atoms. The van der Waals surface area contributed by atoms with Gasteiger partial charge in [-0.25, -0.2) is 4.39 Å². The molecule has 1 unspecified atom stereocenters. The minimum atomic E-state index is -1.21. The number of imide groups is 1. The van der Waals surface area contributed by atoms with E-state index in [0.29, 0.717) is 0 Å². The van der Waals surface area contributed by atoms with Gasteiger partial charge in [-0.15, -0.1) is 0 Å². The zero-order chi connectivity index (χ0) is 23.7. The minimum absolute atomic E-state index is 0.0987. The van der Waals surface area contributed by atoms with Crippen LogP contribution < -0.4 is 5.73 Å². The molecular formula is C25H20FN3O4. The topological polar surface area (TPSA) is 101 Å². The second-order valence-corrected chi connectivity index (χ2v) is 7.72. The summed E-state index contributed by atoms with van der Waals surface area (Å²) in [5, 5.41) is 0. The maximum Gasteiger partial charge on any atom is 0.261 e. The van der Waals surface area contributed by atoms with Crippen LogP contribution in [0.2, 0.25) is 0 Å². The van der Waals surface area contributed by atoms with Crippen LogP contribution in [-0.2, 0) is 11.3 Å². The van der Waals surface area contributed by atoms with E-state index in [-0.39, 0.29) is 28.8 Å². The third kappa shape index (κ3) is 4.10. The van der Waals surface area contributed by atoms with Crippen LogP contribution in [0.25, 0.3) is 0 Å². The Labute approximate surface area is 189 Å². The number of rotatable bonds is 6. The van der Waals surface area contributed by atoms with Gasteiger partial charge in [-0.3, -0.25) is 24.1 Å². The number of halogens is 1. The maximum atomic E-state index is 13.7. The molecule has 0 aromatic heterocycles. The standard InChI is InChI=1S/C25H20FN3O4/c1-28(21(22(27)30)16-8-5-9-18(26)12-16)23(31)17-10-11-19-20(13-17)25(33)29(24(19)32)14-15-6-3-2-4-7-15/h2-13,21H,14H2,1H3,(H2,27,30). The number of carbonyl (C=O) groups is 4. The van der Waals surface area contributed by atoms with Gasteiger partial charge in [0.1, 0.15) is 11.9 Å². The molecule has 1 atom stereocenters. The molecule has 7 nitrogen and oxygen atoms in total. The Morgan fingerprint density at radius 1 is 0.939 bits per heavy atom. The summed E-state index contributed by atoms with van der Waals surface area (Å²) in [4.78, 5) is 53.1. The Balaban J connectivity index is 1.61. The van der Waals surface area contributed by atoms with Crippen molar-refractivity contribution in [3.8, 4) is 0 Å². The van der Waals surface area contributed by atoms with Gasteiger partial charge in [0.15, 0.2) is 0 Å². The van der Waals surface area contributed by atoms with Crippen molar-refractivity contribution in [2.45, 2.75) is 12.6 Å². The number of amides is 4. The first-order valence-corrected chi connectivity index (χ1v) is 10.1. The molecule has 0 saturated carbocycles. The van der Waals surface area contributed by atoms with Crippen LogP contribution in [0.3, 0.4) is 0 Å². The largest absolute Gasteiger partial charge is 0.368 e. The molecule has 0 radical (unpaired) electrons. The lowest BCUT2D eigenvalue weighted by Crippen LogP contribution is -2.39. The summed E-state index contributed by atoms with van der Waals surface area (Å²) >= 11 is 0. The molecule has 0 fully saturated rings. The number of nitrogens with two attached hydrogens (primary N) is 1. The van der Waals surface area contributed by atoms with E-state index in [1.807, 2.05) is 30.3 Å². The second kappa shape index (κ2) is 8.66. The number of fused-ring (bicyclic) bond motifs is 1. The highest BCUT2D eigenvalue weighted by Gasteiger charge is 2.37. The second-order valence-electron chi connectivity index (χ2n) is 7.72. The van der Waals surface area contributed by atoms with Crippen molar-refractivity contribution in [3.05, 3.63) is 106 Å². The molecule has 3 aromatic carbocycles. The highest BCUT2D eigenvalue weighted by atomic mass is 19.1. The van der Waals surface area contributed by atoms with Crippen LogP contribution in [0, 0.1) is 5.82 Å². The molecule has 8 heteroatoms. The average Bonchev–Trinajstić information content (AvgIpc) is 3.03. The van der Waals surface area contributed by atoms with Crippen molar-refractivity contribution >= 4 is 23.6 Å². The smallest absolute Gasteiger partial charge is 0.261 e. The van der Waals surface area contributed by atoms with Crippen LogP contribution in [0.15, 0.2) is 72.8 Å². The monoisotopic (exact) mass is 445 g/mol. The molecule has 1 aliphatic rings. The average molecular weight is 445 g/mol. The van der Waals surface area contributed by atoms with E-state index >= 15 is 0 Å². The van der Waals surface area contributed by atoms with Crippen LogP contribution >= 0.6 is 0 Å². The molecule has 4 rings (SSSR count). The molecule has 2 N–H and O–H groups in total. The predicted octanol–water partition coefficient (Wildman–Crippen LogP) is 2.92. The van der Waals surface area contributed by atoms with Crippen molar-refractivity contribution in [1.29, 1.82) is 0 Å². The Hall–Kier alpha value is -4.33. The highest BCUT2D eigenvalue weighted by Crippen LogP contribution is 2.28. The molecule has 0 bridgehead atoms. The van der Waals surface area contributed by atoms with Gasteiger partial charge in [0.25, 0.3) is 17.7 Å². The molecule has 3 aromatic rings. The van der Waals surface area contributed by atoms with E-state index in [4.69, 9.17) is 5.73 Å². The third-order valence-electron chi connectivity index (χ3n) is 5.54. The molecule has 33 heavy (non-hydrogen) atoms. The number of primary amides is 1. The number of hydrogen-bond donors (Lipinski definition) is 1. The number of carbonyl (C=O) groups excluding carboxylic acids is 4. The fourth-order valence-electron chi connectivity index (χ4n) is 3.91. The Bertz CT molecular complexity index is 1280. The van der Waals surface area contributed by atoms with Crippen LogP contribution in [0.1, 0.15) is 48.2 Å². The van der Waals surface area contributed by atoms with E-state index < -0.39 is 35.5 Å². The van der Waals surface area contributed by atoms with Crippen molar-refractivity contribution in [2.75, 3.05) is 7.05 Å². The lowest BCUT2D eigenvalue weighted by Gasteiger charge is -2.26. The fraction of sp³-hybridized carbons (Fsp3) is 0.120. The summed E-state index contributed by atoms with van der Waals surface area (Å²) in [5.41, 5.74) is 6.92. The summed E-state index contributed by atoms with van der Waals surface area (Å²) in [6, 6.07) is 17.3. The predicted molar refractivity (Wildman–Crippen MR) is 118 cm³/mol. The number of benzene rings is 3. The van der Waals surface area contributed by atoms with Gasteiger partial charge in [0, 0.05) is 12.6 Å². The molecule has 0 saturated heterocycles. The molecule has 1 heterocycles. The first-order chi connectivity index (χ1) is 15.8. The molecule has 1 aliphatic heterocycles. The number of likely N-dealkylation sites (N-methyl/N-ethyl adjacent to an activating group) is 1. The summed E-state index contributed by atoms with van der Waals surface area (Å²) in [7, 11) is 1.37. The number of nitrogens with zero attached hydrogens (tertiary/aromatic N) is 2. The van der Waals surface area contributed by atoms with Gasteiger partial charge in [-0.2, -0.15) is 0 Å². The van der Waals surface area contributed by atoms with Crippen molar-refractivity contribution in [1.82, 2.24) is 9.80 Å². The van der Waals surface area contributed by atoms with Crippen LogP contribution in [0.4, 0.5) is 4.39 Å². The van der Waals surface area contributed by atoms with Gasteiger partial charge >= 0.3 is 0 Å². The molecule has 4 amide bonds. The van der Waals surface area contributed by atoms with E-state index in [0.717, 1.165) is 21.4 Å². The summed E-state index contributed by atoms with van der Waals surface area (Å²) in [5.74, 6) is -2.96. The van der Waals surface area contributed by atoms with Crippen molar-refractivity contribution in [2.24, 2.45) is 5.73 Å². The van der Waals surface area contributed by atoms with E-state index in [1.54, 1.807) is 0 Å². The normalized spacial score (nSPS) is 13.6. The van der Waals surface area contributed by atoms with Gasteiger partial charge in [-0.1, -0.05) is 42.5 Å². The lowest BCUT2D eigenvalue weighted by atomic mass is 10.0. The molecule has 0 aliphatic carbocycles. The van der Waals surface area contributed by atoms with E-state index in [1.165, 1.54) is 43.4 Å². The van der Waals surface area contributed by atoms with Crippen molar-refractivity contribution in [3.63, 3.8) is 0 Å². The van der Waals surface area contributed by atoms with Gasteiger partial charge in [0.2, 0.25) is 5.91 Å². The lowest BCUT2D eigenvalue weighted by molar-refractivity contribution is -0.122. The van der Waals surface area contributed by atoms with Gasteiger partial charge in [0.05, 0.1) is 17.7 Å². The van der Waals surface area contributed by atoms with Crippen LogP contribution in [-0.4, -0.2) is 40.5 Å².